The van der Waals surface area contributed by atoms with E-state index >= 15 is 0 Å². The highest BCUT2D eigenvalue weighted by atomic mass is 35.5. The van der Waals surface area contributed by atoms with Crippen LogP contribution < -0.4 is 5.32 Å². The number of esters is 1. The van der Waals surface area contributed by atoms with Gasteiger partial charge < -0.3 is 10.1 Å². The van der Waals surface area contributed by atoms with Crippen LogP contribution in [0.25, 0.3) is 0 Å². The fraction of sp³-hybridized carbons (Fsp3) is 0.250. The zero-order chi connectivity index (χ0) is 19.3. The molecule has 0 aromatic heterocycles. The number of ketones is 1. The summed E-state index contributed by atoms with van der Waals surface area (Å²) in [4.78, 5) is 36.2. The lowest BCUT2D eigenvalue weighted by Gasteiger charge is -2.13. The second-order valence-corrected chi connectivity index (χ2v) is 6.50. The van der Waals surface area contributed by atoms with Gasteiger partial charge in [0.25, 0.3) is 5.91 Å². The standard InChI is InChI=1S/C20H20ClNO4/c1-12-8-13(2)10-16(9-12)20(25)22-11-18(23)26-14(3)19(24)15-4-6-17(21)7-5-15/h4-10,14H,11H2,1-3H3,(H,22,25). The lowest BCUT2D eigenvalue weighted by atomic mass is 10.1. The minimum Gasteiger partial charge on any atom is -0.453 e. The molecule has 0 fully saturated rings. The maximum Gasteiger partial charge on any atom is 0.326 e. The van der Waals surface area contributed by atoms with Crippen LogP contribution in [0.4, 0.5) is 0 Å². The van der Waals surface area contributed by atoms with Gasteiger partial charge in [-0.25, -0.2) is 0 Å². The van der Waals surface area contributed by atoms with Crippen molar-refractivity contribution in [1.82, 2.24) is 5.32 Å². The van der Waals surface area contributed by atoms with Crippen molar-refractivity contribution in [1.29, 1.82) is 0 Å². The first kappa shape index (κ1) is 19.7. The molecule has 1 N–H and O–H groups in total. The molecule has 0 aliphatic rings. The highest BCUT2D eigenvalue weighted by molar-refractivity contribution is 6.30. The third-order valence-corrected chi connectivity index (χ3v) is 3.94. The number of rotatable bonds is 6. The Balaban J connectivity index is 1.88. The van der Waals surface area contributed by atoms with Gasteiger partial charge in [0.2, 0.25) is 5.78 Å². The molecule has 2 rings (SSSR count). The summed E-state index contributed by atoms with van der Waals surface area (Å²) in [5.41, 5.74) is 2.79. The molecule has 1 atom stereocenters. The zero-order valence-corrected chi connectivity index (χ0v) is 15.6. The lowest BCUT2D eigenvalue weighted by Crippen LogP contribution is -2.34. The van der Waals surface area contributed by atoms with E-state index in [0.717, 1.165) is 11.1 Å². The van der Waals surface area contributed by atoms with Crippen LogP contribution >= 0.6 is 11.6 Å². The number of benzene rings is 2. The molecule has 0 spiro atoms. The van der Waals surface area contributed by atoms with Crippen molar-refractivity contribution < 1.29 is 19.1 Å². The minimum absolute atomic E-state index is 0.315. The molecule has 0 heterocycles. The SMILES string of the molecule is Cc1cc(C)cc(C(=O)NCC(=O)OC(C)C(=O)c2ccc(Cl)cc2)c1. The Hall–Kier alpha value is -2.66. The summed E-state index contributed by atoms with van der Waals surface area (Å²) in [5, 5.41) is 3.02. The largest absolute Gasteiger partial charge is 0.453 e. The number of carbonyl (C=O) groups is 3. The molecule has 0 aliphatic heterocycles. The van der Waals surface area contributed by atoms with E-state index in [1.807, 2.05) is 19.9 Å². The molecule has 2 aromatic carbocycles. The molecule has 136 valence electrons. The van der Waals surface area contributed by atoms with Crippen LogP contribution in [0, 0.1) is 13.8 Å². The van der Waals surface area contributed by atoms with E-state index in [-0.39, 0.29) is 18.2 Å². The predicted octanol–water partition coefficient (Wildman–Crippen LogP) is 3.50. The Kier molecular flexibility index (Phi) is 6.52. The number of halogens is 1. The third-order valence-electron chi connectivity index (χ3n) is 3.68. The summed E-state index contributed by atoms with van der Waals surface area (Å²) >= 11 is 5.78. The van der Waals surface area contributed by atoms with Gasteiger partial charge in [0.15, 0.2) is 6.10 Å². The first-order valence-corrected chi connectivity index (χ1v) is 8.50. The fourth-order valence-electron chi connectivity index (χ4n) is 2.50. The van der Waals surface area contributed by atoms with E-state index in [0.29, 0.717) is 16.1 Å². The highest BCUT2D eigenvalue weighted by Crippen LogP contribution is 2.12. The summed E-state index contributed by atoms with van der Waals surface area (Å²) in [6.45, 7) is 4.95. The van der Waals surface area contributed by atoms with Crippen LogP contribution in [-0.2, 0) is 9.53 Å². The van der Waals surface area contributed by atoms with Gasteiger partial charge in [0.1, 0.15) is 6.54 Å². The Labute approximate surface area is 157 Å². The summed E-state index contributed by atoms with van der Waals surface area (Å²) in [7, 11) is 0. The lowest BCUT2D eigenvalue weighted by molar-refractivity contribution is -0.145. The normalized spacial score (nSPS) is 11.5. The monoisotopic (exact) mass is 373 g/mol. The molecule has 2 aromatic rings. The molecule has 0 radical (unpaired) electrons. The average molecular weight is 374 g/mol. The van der Waals surface area contributed by atoms with E-state index < -0.39 is 12.1 Å². The van der Waals surface area contributed by atoms with Crippen molar-refractivity contribution in [3.8, 4) is 0 Å². The number of amides is 1. The van der Waals surface area contributed by atoms with Crippen LogP contribution in [0.1, 0.15) is 38.8 Å². The van der Waals surface area contributed by atoms with Gasteiger partial charge in [-0.2, -0.15) is 0 Å². The van der Waals surface area contributed by atoms with E-state index in [2.05, 4.69) is 5.32 Å². The molecule has 0 saturated heterocycles. The molecule has 1 amide bonds. The number of carbonyl (C=O) groups excluding carboxylic acids is 3. The van der Waals surface area contributed by atoms with Gasteiger partial charge in [0, 0.05) is 16.1 Å². The second-order valence-electron chi connectivity index (χ2n) is 6.06. The highest BCUT2D eigenvalue weighted by Gasteiger charge is 2.20. The predicted molar refractivity (Wildman–Crippen MR) is 99.6 cm³/mol. The Bertz CT molecular complexity index is 810. The van der Waals surface area contributed by atoms with Gasteiger partial charge in [-0.3, -0.25) is 14.4 Å². The molecule has 6 heteroatoms. The summed E-state index contributed by atoms with van der Waals surface area (Å²) in [5.74, 6) is -1.39. The number of hydrogen-bond donors (Lipinski definition) is 1. The summed E-state index contributed by atoms with van der Waals surface area (Å²) in [6, 6.07) is 11.7. The maximum absolute atomic E-state index is 12.2. The Morgan fingerprint density at radius 1 is 1.00 bits per heavy atom. The van der Waals surface area contributed by atoms with E-state index in [1.165, 1.54) is 6.92 Å². The van der Waals surface area contributed by atoms with Crippen LogP contribution in [0.15, 0.2) is 42.5 Å². The van der Waals surface area contributed by atoms with Gasteiger partial charge >= 0.3 is 5.97 Å². The van der Waals surface area contributed by atoms with Crippen molar-refractivity contribution in [3.63, 3.8) is 0 Å². The third kappa shape index (κ3) is 5.43. The van der Waals surface area contributed by atoms with E-state index in [1.54, 1.807) is 36.4 Å². The maximum atomic E-state index is 12.2. The van der Waals surface area contributed by atoms with Crippen molar-refractivity contribution in [2.75, 3.05) is 6.54 Å². The van der Waals surface area contributed by atoms with Crippen molar-refractivity contribution in [3.05, 3.63) is 69.7 Å². The molecule has 5 nitrogen and oxygen atoms in total. The Morgan fingerprint density at radius 2 is 1.58 bits per heavy atom. The minimum atomic E-state index is -0.957. The van der Waals surface area contributed by atoms with Gasteiger partial charge in [-0.15, -0.1) is 0 Å². The first-order chi connectivity index (χ1) is 12.3. The molecule has 26 heavy (non-hydrogen) atoms. The number of ether oxygens (including phenoxy) is 1. The number of nitrogens with one attached hydrogen (secondary N) is 1. The van der Waals surface area contributed by atoms with Gasteiger partial charge in [-0.1, -0.05) is 28.8 Å². The topological polar surface area (TPSA) is 72.5 Å². The van der Waals surface area contributed by atoms with Crippen molar-refractivity contribution in [2.24, 2.45) is 0 Å². The second kappa shape index (κ2) is 8.63. The van der Waals surface area contributed by atoms with Crippen LogP contribution in [0.2, 0.25) is 5.02 Å². The van der Waals surface area contributed by atoms with E-state index in [4.69, 9.17) is 16.3 Å². The Morgan fingerprint density at radius 3 is 2.15 bits per heavy atom. The van der Waals surface area contributed by atoms with Crippen LogP contribution in [0.5, 0.6) is 0 Å². The molecular formula is C20H20ClNO4. The quantitative estimate of drug-likeness (QED) is 0.621. The summed E-state index contributed by atoms with van der Waals surface area (Å²) < 4.78 is 5.09. The van der Waals surface area contributed by atoms with Crippen molar-refractivity contribution >= 4 is 29.3 Å². The molecule has 1 unspecified atom stereocenters. The zero-order valence-electron chi connectivity index (χ0n) is 14.8. The molecule has 0 saturated carbocycles. The fourth-order valence-corrected chi connectivity index (χ4v) is 2.63. The molecule has 0 aliphatic carbocycles. The number of aryl methyl sites for hydroxylation is 2. The van der Waals surface area contributed by atoms with E-state index in [9.17, 15) is 14.4 Å². The smallest absolute Gasteiger partial charge is 0.326 e. The molecule has 0 bridgehead atoms. The number of Topliss-reactive ketones (excluding diaryl/α,β-unsaturated/α-hetero) is 1. The van der Waals surface area contributed by atoms with Gasteiger partial charge in [0.05, 0.1) is 0 Å². The van der Waals surface area contributed by atoms with Crippen molar-refractivity contribution in [2.45, 2.75) is 26.9 Å². The summed E-state index contributed by atoms with van der Waals surface area (Å²) in [6.07, 6.45) is -0.957. The van der Waals surface area contributed by atoms with Gasteiger partial charge in [-0.05, 0) is 57.2 Å². The average Bonchev–Trinajstić information content (AvgIpc) is 2.58. The number of hydrogen-bond acceptors (Lipinski definition) is 4. The first-order valence-electron chi connectivity index (χ1n) is 8.12. The van der Waals surface area contributed by atoms with Crippen LogP contribution in [-0.4, -0.2) is 30.3 Å². The molecular weight excluding hydrogens is 354 g/mol. The van der Waals surface area contributed by atoms with Crippen LogP contribution in [0.3, 0.4) is 0 Å².